The van der Waals surface area contributed by atoms with Gasteiger partial charge in [0.1, 0.15) is 0 Å². The van der Waals surface area contributed by atoms with E-state index in [9.17, 15) is 0 Å². The summed E-state index contributed by atoms with van der Waals surface area (Å²) in [5.41, 5.74) is 12.8. The molecule has 2 heteroatoms. The van der Waals surface area contributed by atoms with Crippen LogP contribution in [0, 0.1) is 20.8 Å². The van der Waals surface area contributed by atoms with Gasteiger partial charge in [-0.1, -0.05) is 35.4 Å². The van der Waals surface area contributed by atoms with E-state index in [1.165, 1.54) is 16.7 Å². The molecule has 2 aromatic rings. The van der Waals surface area contributed by atoms with Gasteiger partial charge in [0.25, 0.3) is 0 Å². The fraction of sp³-hybridized carbons (Fsp3) is 0.250. The highest BCUT2D eigenvalue weighted by molar-refractivity contribution is 6.33. The molecule has 2 aromatic carbocycles. The van der Waals surface area contributed by atoms with Gasteiger partial charge in [0.15, 0.2) is 0 Å². The van der Waals surface area contributed by atoms with Gasteiger partial charge in [-0.05, 0) is 55.2 Å². The number of hydrogen-bond acceptors (Lipinski definition) is 1. The van der Waals surface area contributed by atoms with Gasteiger partial charge in [0, 0.05) is 17.1 Å². The number of aryl methyl sites for hydroxylation is 3. The first kappa shape index (κ1) is 13.1. The molecule has 0 spiro atoms. The topological polar surface area (TPSA) is 26.0 Å². The average molecular weight is 260 g/mol. The van der Waals surface area contributed by atoms with Gasteiger partial charge in [0.05, 0.1) is 0 Å². The third kappa shape index (κ3) is 2.43. The lowest BCUT2D eigenvalue weighted by Crippen LogP contribution is -2.00. The fourth-order valence-electron chi connectivity index (χ4n) is 2.11. The van der Waals surface area contributed by atoms with Gasteiger partial charge in [-0.2, -0.15) is 0 Å². The monoisotopic (exact) mass is 259 g/mol. The van der Waals surface area contributed by atoms with Crippen molar-refractivity contribution in [2.45, 2.75) is 27.3 Å². The lowest BCUT2D eigenvalue weighted by Gasteiger charge is -2.13. The Hall–Kier alpha value is -1.31. The van der Waals surface area contributed by atoms with Crippen LogP contribution >= 0.6 is 11.6 Å². The Morgan fingerprint density at radius 2 is 1.61 bits per heavy atom. The Kier molecular flexibility index (Phi) is 3.74. The summed E-state index contributed by atoms with van der Waals surface area (Å²) in [5.74, 6) is 0. The van der Waals surface area contributed by atoms with Crippen LogP contribution in [0.4, 0.5) is 0 Å². The minimum Gasteiger partial charge on any atom is -0.326 e. The highest BCUT2D eigenvalue weighted by Gasteiger charge is 2.10. The van der Waals surface area contributed by atoms with Crippen molar-refractivity contribution < 1.29 is 0 Å². The SMILES string of the molecule is Cc1ccc(CN)c(-c2cc(C)c(C)cc2Cl)c1. The zero-order valence-corrected chi connectivity index (χ0v) is 11.8. The summed E-state index contributed by atoms with van der Waals surface area (Å²) in [5, 5.41) is 0.790. The first-order chi connectivity index (χ1) is 8.52. The van der Waals surface area contributed by atoms with Gasteiger partial charge in [-0.15, -0.1) is 0 Å². The molecule has 0 aromatic heterocycles. The van der Waals surface area contributed by atoms with E-state index in [4.69, 9.17) is 17.3 Å². The standard InChI is InChI=1S/C16H18ClN/c1-10-4-5-13(9-18)14(6-10)15-7-11(2)12(3)8-16(15)17/h4-8H,9,18H2,1-3H3. The van der Waals surface area contributed by atoms with E-state index in [1.54, 1.807) is 0 Å². The molecule has 2 rings (SSSR count). The molecule has 18 heavy (non-hydrogen) atoms. The Balaban J connectivity index is 2.68. The second-order valence-electron chi connectivity index (χ2n) is 4.78. The van der Waals surface area contributed by atoms with Crippen LogP contribution in [0.3, 0.4) is 0 Å². The molecule has 0 bridgehead atoms. The Labute approximate surface area is 114 Å². The summed E-state index contributed by atoms with van der Waals surface area (Å²) in [4.78, 5) is 0. The van der Waals surface area contributed by atoms with Gasteiger partial charge < -0.3 is 5.73 Å². The van der Waals surface area contributed by atoms with Gasteiger partial charge in [0.2, 0.25) is 0 Å². The number of benzene rings is 2. The zero-order valence-electron chi connectivity index (χ0n) is 11.0. The molecular weight excluding hydrogens is 242 g/mol. The van der Waals surface area contributed by atoms with Crippen LogP contribution in [0.2, 0.25) is 5.02 Å². The number of nitrogens with two attached hydrogens (primary N) is 1. The summed E-state index contributed by atoms with van der Waals surface area (Å²) in [6.45, 7) is 6.79. The van der Waals surface area contributed by atoms with Crippen molar-refractivity contribution in [1.82, 2.24) is 0 Å². The van der Waals surface area contributed by atoms with Crippen LogP contribution in [0.25, 0.3) is 11.1 Å². The number of hydrogen-bond donors (Lipinski definition) is 1. The number of rotatable bonds is 2. The van der Waals surface area contributed by atoms with Crippen LogP contribution < -0.4 is 5.73 Å². The largest absolute Gasteiger partial charge is 0.326 e. The molecule has 0 unspecified atom stereocenters. The second-order valence-corrected chi connectivity index (χ2v) is 5.19. The Bertz CT molecular complexity index is 588. The van der Waals surface area contributed by atoms with Crippen molar-refractivity contribution in [1.29, 1.82) is 0 Å². The quantitative estimate of drug-likeness (QED) is 0.850. The molecule has 0 aliphatic rings. The van der Waals surface area contributed by atoms with Crippen LogP contribution in [0.1, 0.15) is 22.3 Å². The average Bonchev–Trinajstić information content (AvgIpc) is 2.34. The van der Waals surface area contributed by atoms with E-state index >= 15 is 0 Å². The maximum atomic E-state index is 6.38. The first-order valence-electron chi connectivity index (χ1n) is 6.09. The third-order valence-corrected chi connectivity index (χ3v) is 3.67. The van der Waals surface area contributed by atoms with Crippen molar-refractivity contribution in [3.8, 4) is 11.1 Å². The Morgan fingerprint density at radius 3 is 2.28 bits per heavy atom. The van der Waals surface area contributed by atoms with Gasteiger partial charge >= 0.3 is 0 Å². The molecule has 0 aliphatic heterocycles. The predicted octanol–water partition coefficient (Wildman–Crippen LogP) is 4.39. The third-order valence-electron chi connectivity index (χ3n) is 3.36. The molecule has 1 nitrogen and oxygen atoms in total. The first-order valence-corrected chi connectivity index (χ1v) is 6.47. The van der Waals surface area contributed by atoms with E-state index < -0.39 is 0 Å². The van der Waals surface area contributed by atoms with E-state index in [0.29, 0.717) is 6.54 Å². The summed E-state index contributed by atoms with van der Waals surface area (Å²) in [6, 6.07) is 10.5. The molecule has 0 amide bonds. The highest BCUT2D eigenvalue weighted by Crippen LogP contribution is 2.33. The summed E-state index contributed by atoms with van der Waals surface area (Å²) < 4.78 is 0. The normalized spacial score (nSPS) is 10.7. The predicted molar refractivity (Wildman–Crippen MR) is 79.0 cm³/mol. The van der Waals surface area contributed by atoms with Crippen molar-refractivity contribution in [2.24, 2.45) is 5.73 Å². The lowest BCUT2D eigenvalue weighted by atomic mass is 9.95. The van der Waals surface area contributed by atoms with Crippen LogP contribution in [0.5, 0.6) is 0 Å². The minimum atomic E-state index is 0.527. The molecule has 0 fully saturated rings. The van der Waals surface area contributed by atoms with Crippen LogP contribution in [0.15, 0.2) is 30.3 Å². The van der Waals surface area contributed by atoms with Crippen LogP contribution in [-0.2, 0) is 6.54 Å². The second kappa shape index (κ2) is 5.13. The highest BCUT2D eigenvalue weighted by atomic mass is 35.5. The molecular formula is C16H18ClN. The molecule has 0 heterocycles. The van der Waals surface area contributed by atoms with Crippen molar-refractivity contribution in [3.05, 3.63) is 57.6 Å². The van der Waals surface area contributed by atoms with Crippen molar-refractivity contribution >= 4 is 11.6 Å². The maximum Gasteiger partial charge on any atom is 0.0487 e. The van der Waals surface area contributed by atoms with Crippen LogP contribution in [-0.4, -0.2) is 0 Å². The van der Waals surface area contributed by atoms with E-state index in [0.717, 1.165) is 21.7 Å². The van der Waals surface area contributed by atoms with E-state index in [-0.39, 0.29) is 0 Å². The van der Waals surface area contributed by atoms with Gasteiger partial charge in [-0.3, -0.25) is 0 Å². The molecule has 0 aliphatic carbocycles. The van der Waals surface area contributed by atoms with E-state index in [2.05, 4.69) is 45.0 Å². The smallest absolute Gasteiger partial charge is 0.0487 e. The fourth-order valence-corrected chi connectivity index (χ4v) is 2.43. The maximum absolute atomic E-state index is 6.38. The molecule has 0 saturated heterocycles. The Morgan fingerprint density at radius 1 is 0.944 bits per heavy atom. The van der Waals surface area contributed by atoms with E-state index in [1.807, 2.05) is 6.07 Å². The summed E-state index contributed by atoms with van der Waals surface area (Å²) in [7, 11) is 0. The lowest BCUT2D eigenvalue weighted by molar-refractivity contribution is 1.07. The molecule has 94 valence electrons. The summed E-state index contributed by atoms with van der Waals surface area (Å²) in [6.07, 6.45) is 0. The molecule has 2 N–H and O–H groups in total. The van der Waals surface area contributed by atoms with Crippen molar-refractivity contribution in [2.75, 3.05) is 0 Å². The molecule has 0 radical (unpaired) electrons. The molecule has 0 atom stereocenters. The zero-order chi connectivity index (χ0) is 13.3. The van der Waals surface area contributed by atoms with Crippen molar-refractivity contribution in [3.63, 3.8) is 0 Å². The minimum absolute atomic E-state index is 0.527. The molecule has 0 saturated carbocycles. The van der Waals surface area contributed by atoms with Gasteiger partial charge in [-0.25, -0.2) is 0 Å². The number of halogens is 1. The summed E-state index contributed by atoms with van der Waals surface area (Å²) >= 11 is 6.38.